The molecule has 376 valence electrons. The van der Waals surface area contributed by atoms with Gasteiger partial charge in [-0.3, -0.25) is 14.5 Å². The van der Waals surface area contributed by atoms with E-state index in [1.165, 1.54) is 257 Å². The van der Waals surface area contributed by atoms with Crippen molar-refractivity contribution < 1.29 is 9.59 Å². The predicted octanol–water partition coefficient (Wildman–Crippen LogP) is 18.3. The summed E-state index contributed by atoms with van der Waals surface area (Å²) >= 11 is 0. The first kappa shape index (κ1) is 61.9. The number of hydrogen-bond donors (Lipinski definition) is 2. The summed E-state index contributed by atoms with van der Waals surface area (Å²) in [6.07, 6.45) is 60.9. The molecular formula is C58H117N3O2. The number of unbranched alkanes of at least 4 members (excludes halogenated alkanes) is 39. The predicted molar refractivity (Wildman–Crippen MR) is 281 cm³/mol. The first-order valence-corrected chi connectivity index (χ1v) is 29.4. The molecule has 2 amide bonds. The zero-order valence-electron chi connectivity index (χ0n) is 43.9. The maximum Gasteiger partial charge on any atom is 0.220 e. The van der Waals surface area contributed by atoms with E-state index >= 15 is 0 Å². The number of nitrogens with zero attached hydrogens (tertiary/aromatic N) is 1. The van der Waals surface area contributed by atoms with E-state index in [4.69, 9.17) is 0 Å². The van der Waals surface area contributed by atoms with Gasteiger partial charge in [0.25, 0.3) is 0 Å². The standard InChI is InChI=1S/C58H117N3O2/c1-5-9-13-17-21-25-29-33-37-41-47-53-61(54-48-42-38-34-30-26-22-18-14-10-6-2)56(55-60-58(63)51-44-40-36-32-28-24-20-16-12-8-4)49-45-46-52-59-57(62)50-43-39-35-31-27-23-19-15-11-7-3/h56H,5-55H2,1-4H3,(H,59,62)(H,60,63). The van der Waals surface area contributed by atoms with Gasteiger partial charge in [-0.05, 0) is 51.6 Å². The van der Waals surface area contributed by atoms with Gasteiger partial charge in [-0.2, -0.15) is 0 Å². The molecule has 0 saturated heterocycles. The summed E-state index contributed by atoms with van der Waals surface area (Å²) in [7, 11) is 0. The van der Waals surface area contributed by atoms with Gasteiger partial charge in [0, 0.05) is 32.0 Å². The molecule has 0 aliphatic heterocycles. The summed E-state index contributed by atoms with van der Waals surface area (Å²) < 4.78 is 0. The van der Waals surface area contributed by atoms with Crippen LogP contribution in [0.5, 0.6) is 0 Å². The molecule has 0 heterocycles. The van der Waals surface area contributed by atoms with Crippen LogP contribution < -0.4 is 10.6 Å². The second-order valence-electron chi connectivity index (χ2n) is 20.3. The minimum absolute atomic E-state index is 0.236. The maximum absolute atomic E-state index is 13.2. The van der Waals surface area contributed by atoms with Crippen LogP contribution in [0, 0.1) is 0 Å². The van der Waals surface area contributed by atoms with E-state index in [0.717, 1.165) is 58.3 Å². The minimum Gasteiger partial charge on any atom is -0.356 e. The second kappa shape index (κ2) is 53.5. The fraction of sp³-hybridized carbons (Fsp3) is 0.966. The Kier molecular flexibility index (Phi) is 52.6. The zero-order chi connectivity index (χ0) is 45.8. The van der Waals surface area contributed by atoms with E-state index in [0.29, 0.717) is 18.9 Å². The van der Waals surface area contributed by atoms with Gasteiger partial charge in [-0.15, -0.1) is 0 Å². The Bertz CT molecular complexity index is 869. The lowest BCUT2D eigenvalue weighted by atomic mass is 10.0. The molecule has 2 N–H and O–H groups in total. The number of nitrogens with one attached hydrogen (secondary N) is 2. The monoisotopic (exact) mass is 888 g/mol. The summed E-state index contributed by atoms with van der Waals surface area (Å²) in [4.78, 5) is 28.7. The Balaban J connectivity index is 5.04. The highest BCUT2D eigenvalue weighted by Gasteiger charge is 2.19. The molecule has 63 heavy (non-hydrogen) atoms. The number of carbonyl (C=O) groups is 2. The van der Waals surface area contributed by atoms with Gasteiger partial charge in [0.05, 0.1) is 0 Å². The van der Waals surface area contributed by atoms with Gasteiger partial charge in [0.2, 0.25) is 11.8 Å². The van der Waals surface area contributed by atoms with E-state index in [2.05, 4.69) is 43.2 Å². The molecule has 0 bridgehead atoms. The summed E-state index contributed by atoms with van der Waals surface area (Å²) in [5.74, 6) is 0.489. The van der Waals surface area contributed by atoms with Crippen LogP contribution in [0.15, 0.2) is 0 Å². The lowest BCUT2D eigenvalue weighted by Gasteiger charge is -2.32. The Morgan fingerprint density at radius 2 is 0.587 bits per heavy atom. The lowest BCUT2D eigenvalue weighted by molar-refractivity contribution is -0.122. The maximum atomic E-state index is 13.2. The molecule has 0 rings (SSSR count). The Labute approximate surface area is 397 Å². The highest BCUT2D eigenvalue weighted by Crippen LogP contribution is 2.18. The van der Waals surface area contributed by atoms with E-state index in [1.807, 2.05) is 0 Å². The first-order valence-electron chi connectivity index (χ1n) is 29.4. The van der Waals surface area contributed by atoms with Crippen molar-refractivity contribution in [3.63, 3.8) is 0 Å². The molecule has 0 saturated carbocycles. The third-order valence-corrected chi connectivity index (χ3v) is 14.0. The average molecular weight is 889 g/mol. The van der Waals surface area contributed by atoms with Gasteiger partial charge in [-0.1, -0.05) is 278 Å². The Morgan fingerprint density at radius 1 is 0.317 bits per heavy atom. The fourth-order valence-electron chi connectivity index (χ4n) is 9.54. The van der Waals surface area contributed by atoms with Crippen LogP contribution in [0.4, 0.5) is 0 Å². The molecule has 1 atom stereocenters. The van der Waals surface area contributed by atoms with Crippen LogP contribution in [0.1, 0.15) is 329 Å². The normalized spacial score (nSPS) is 12.1. The molecule has 5 heteroatoms. The summed E-state index contributed by atoms with van der Waals surface area (Å²) in [6, 6.07) is 0.384. The van der Waals surface area contributed by atoms with Gasteiger partial charge in [0.1, 0.15) is 0 Å². The van der Waals surface area contributed by atoms with Crippen molar-refractivity contribution in [2.24, 2.45) is 0 Å². The van der Waals surface area contributed by atoms with Crippen LogP contribution in [0.3, 0.4) is 0 Å². The van der Waals surface area contributed by atoms with Crippen molar-refractivity contribution in [1.82, 2.24) is 15.5 Å². The van der Waals surface area contributed by atoms with Crippen LogP contribution in [0.25, 0.3) is 0 Å². The molecule has 0 aromatic carbocycles. The molecule has 0 aliphatic carbocycles. The van der Waals surface area contributed by atoms with Crippen LogP contribution in [0.2, 0.25) is 0 Å². The fourth-order valence-corrected chi connectivity index (χ4v) is 9.54. The molecule has 0 spiro atoms. The largest absolute Gasteiger partial charge is 0.356 e. The van der Waals surface area contributed by atoms with Gasteiger partial charge < -0.3 is 10.6 Å². The average Bonchev–Trinajstić information content (AvgIpc) is 3.28. The van der Waals surface area contributed by atoms with Crippen molar-refractivity contribution in [3.05, 3.63) is 0 Å². The molecule has 1 unspecified atom stereocenters. The van der Waals surface area contributed by atoms with Gasteiger partial charge in [0.15, 0.2) is 0 Å². The van der Waals surface area contributed by atoms with Crippen molar-refractivity contribution in [3.8, 4) is 0 Å². The molecule has 0 aliphatic rings. The molecule has 5 nitrogen and oxygen atoms in total. The first-order chi connectivity index (χ1) is 31.1. The third-order valence-electron chi connectivity index (χ3n) is 14.0. The van der Waals surface area contributed by atoms with E-state index in [1.54, 1.807) is 0 Å². The van der Waals surface area contributed by atoms with Crippen molar-refractivity contribution in [2.75, 3.05) is 26.2 Å². The van der Waals surface area contributed by atoms with Crippen LogP contribution >= 0.6 is 0 Å². The number of carbonyl (C=O) groups excluding carboxylic acids is 2. The summed E-state index contributed by atoms with van der Waals surface area (Å²) in [6.45, 7) is 13.1. The van der Waals surface area contributed by atoms with E-state index in [-0.39, 0.29) is 11.8 Å². The van der Waals surface area contributed by atoms with Crippen LogP contribution in [-0.2, 0) is 9.59 Å². The van der Waals surface area contributed by atoms with Gasteiger partial charge >= 0.3 is 0 Å². The molecule has 0 fully saturated rings. The molecule has 0 radical (unpaired) electrons. The molecular weight excluding hydrogens is 771 g/mol. The second-order valence-corrected chi connectivity index (χ2v) is 20.3. The Morgan fingerprint density at radius 3 is 0.905 bits per heavy atom. The highest BCUT2D eigenvalue weighted by atomic mass is 16.2. The van der Waals surface area contributed by atoms with Crippen molar-refractivity contribution in [2.45, 2.75) is 336 Å². The quantitative estimate of drug-likeness (QED) is 0.0598. The summed E-state index contributed by atoms with van der Waals surface area (Å²) in [5.41, 5.74) is 0. The van der Waals surface area contributed by atoms with E-state index < -0.39 is 0 Å². The van der Waals surface area contributed by atoms with E-state index in [9.17, 15) is 9.59 Å². The SMILES string of the molecule is CCCCCCCCCCCCCN(CCCCCCCCCCCCC)C(CCCCNC(=O)CCCCCCCCCCCC)CNC(=O)CCCCCCCCCCCC. The third kappa shape index (κ3) is 48.6. The lowest BCUT2D eigenvalue weighted by Crippen LogP contribution is -2.45. The molecule has 0 aromatic heterocycles. The number of amides is 2. The summed E-state index contributed by atoms with van der Waals surface area (Å²) in [5, 5.41) is 6.69. The van der Waals surface area contributed by atoms with Crippen molar-refractivity contribution >= 4 is 11.8 Å². The minimum atomic E-state index is 0.236. The number of rotatable bonds is 54. The topological polar surface area (TPSA) is 61.4 Å². The Hall–Kier alpha value is -1.10. The number of hydrogen-bond acceptors (Lipinski definition) is 3. The highest BCUT2D eigenvalue weighted by molar-refractivity contribution is 5.76. The molecule has 0 aromatic rings. The zero-order valence-corrected chi connectivity index (χ0v) is 43.9. The van der Waals surface area contributed by atoms with Crippen LogP contribution in [-0.4, -0.2) is 48.9 Å². The smallest absolute Gasteiger partial charge is 0.220 e. The van der Waals surface area contributed by atoms with Crippen molar-refractivity contribution in [1.29, 1.82) is 0 Å². The van der Waals surface area contributed by atoms with Gasteiger partial charge in [-0.25, -0.2) is 0 Å².